The molecule has 0 radical (unpaired) electrons. The molecule has 1 saturated heterocycles. The Morgan fingerprint density at radius 2 is 2.22 bits per heavy atom. The van der Waals surface area contributed by atoms with Gasteiger partial charge < -0.3 is 4.74 Å². The van der Waals surface area contributed by atoms with E-state index < -0.39 is 0 Å². The largest absolute Gasteiger partial charge is 0.376 e. The summed E-state index contributed by atoms with van der Waals surface area (Å²) in [6.07, 6.45) is 2.07. The summed E-state index contributed by atoms with van der Waals surface area (Å²) >= 11 is 1.55. The van der Waals surface area contributed by atoms with Crippen LogP contribution in [0.2, 0.25) is 0 Å². The van der Waals surface area contributed by atoms with Crippen LogP contribution < -0.4 is 4.90 Å². The van der Waals surface area contributed by atoms with Gasteiger partial charge in [-0.05, 0) is 57.4 Å². The molecule has 1 fully saturated rings. The molecule has 1 amide bonds. The summed E-state index contributed by atoms with van der Waals surface area (Å²) < 4.78 is 8.66. The van der Waals surface area contributed by atoms with Gasteiger partial charge in [-0.15, -0.1) is 0 Å². The van der Waals surface area contributed by atoms with E-state index in [1.54, 1.807) is 20.9 Å². The van der Waals surface area contributed by atoms with Gasteiger partial charge in [-0.1, -0.05) is 17.4 Å². The third-order valence-electron chi connectivity index (χ3n) is 4.84. The van der Waals surface area contributed by atoms with Crippen molar-refractivity contribution in [3.63, 3.8) is 0 Å². The fourth-order valence-electron chi connectivity index (χ4n) is 3.47. The zero-order chi connectivity index (χ0) is 19.0. The number of aryl methyl sites for hydroxylation is 3. The first-order valence-electron chi connectivity index (χ1n) is 9.40. The van der Waals surface area contributed by atoms with Gasteiger partial charge in [0.2, 0.25) is 0 Å². The minimum atomic E-state index is -0.0660. The van der Waals surface area contributed by atoms with Crippen molar-refractivity contribution in [1.82, 2.24) is 14.8 Å². The number of hydrogen-bond acceptors (Lipinski definition) is 5. The molecule has 3 heterocycles. The molecule has 7 heteroatoms. The van der Waals surface area contributed by atoms with Gasteiger partial charge in [0.1, 0.15) is 5.69 Å². The van der Waals surface area contributed by atoms with E-state index in [9.17, 15) is 4.79 Å². The summed E-state index contributed by atoms with van der Waals surface area (Å²) in [5.41, 5.74) is 3.56. The number of nitrogens with zero attached hydrogens (tertiary/aromatic N) is 4. The second kappa shape index (κ2) is 7.40. The zero-order valence-electron chi connectivity index (χ0n) is 15.9. The average Bonchev–Trinajstić information content (AvgIpc) is 3.37. The number of anilines is 1. The number of carbonyl (C=O) groups excluding carboxylic acids is 1. The van der Waals surface area contributed by atoms with Gasteiger partial charge >= 0.3 is 0 Å². The van der Waals surface area contributed by atoms with Crippen molar-refractivity contribution < 1.29 is 9.53 Å². The minimum absolute atomic E-state index is 0.0572. The maximum absolute atomic E-state index is 13.4. The molecule has 0 spiro atoms. The van der Waals surface area contributed by atoms with Gasteiger partial charge in [-0.2, -0.15) is 5.10 Å². The fraction of sp³-hybridized carbons (Fsp3) is 0.450. The van der Waals surface area contributed by atoms with E-state index >= 15 is 0 Å². The maximum atomic E-state index is 13.4. The number of thiazole rings is 1. The van der Waals surface area contributed by atoms with Crippen molar-refractivity contribution in [3.8, 4) is 0 Å². The molecule has 1 aliphatic heterocycles. The Balaban J connectivity index is 1.73. The van der Waals surface area contributed by atoms with Crippen LogP contribution in [0.4, 0.5) is 5.13 Å². The number of carbonyl (C=O) groups is 1. The number of benzene rings is 1. The van der Waals surface area contributed by atoms with Crippen LogP contribution in [0.3, 0.4) is 0 Å². The van der Waals surface area contributed by atoms with E-state index in [0.717, 1.165) is 40.5 Å². The number of aromatic nitrogens is 3. The standard InChI is InChI=1S/C20H24N4O2S/c1-4-24-17(11-14(3)22-24)19(25)23(12-15-6-5-9-26-15)20-21-16-8-7-13(2)10-18(16)27-20/h7-8,10-11,15H,4-6,9,12H2,1-3H3. The molecular weight excluding hydrogens is 360 g/mol. The molecule has 1 aliphatic rings. The number of rotatable bonds is 5. The Labute approximate surface area is 162 Å². The SMILES string of the molecule is CCn1nc(C)cc1C(=O)N(CC1CCCO1)c1nc2ccc(C)cc2s1. The van der Waals surface area contributed by atoms with Crippen LogP contribution in [-0.2, 0) is 11.3 Å². The summed E-state index contributed by atoms with van der Waals surface area (Å²) in [5.74, 6) is -0.0660. The molecule has 1 unspecified atom stereocenters. The zero-order valence-corrected chi connectivity index (χ0v) is 16.8. The van der Waals surface area contributed by atoms with Gasteiger partial charge in [0, 0.05) is 13.2 Å². The Bertz CT molecular complexity index is 972. The van der Waals surface area contributed by atoms with Crippen LogP contribution in [0.15, 0.2) is 24.3 Å². The highest BCUT2D eigenvalue weighted by Gasteiger charge is 2.29. The highest BCUT2D eigenvalue weighted by Crippen LogP contribution is 2.31. The Morgan fingerprint density at radius 1 is 1.37 bits per heavy atom. The Hall–Kier alpha value is -2.25. The number of ether oxygens (including phenoxy) is 1. The van der Waals surface area contributed by atoms with Gasteiger partial charge in [-0.25, -0.2) is 4.98 Å². The smallest absolute Gasteiger partial charge is 0.278 e. The summed E-state index contributed by atoms with van der Waals surface area (Å²) in [7, 11) is 0. The highest BCUT2D eigenvalue weighted by molar-refractivity contribution is 7.22. The molecule has 4 rings (SSSR count). The summed E-state index contributed by atoms with van der Waals surface area (Å²) in [4.78, 5) is 20.0. The Kier molecular flexibility index (Phi) is 4.97. The molecule has 1 atom stereocenters. The molecule has 0 bridgehead atoms. The molecule has 1 aromatic carbocycles. The van der Waals surface area contributed by atoms with E-state index in [2.05, 4.69) is 18.1 Å². The summed E-state index contributed by atoms with van der Waals surface area (Å²) in [6.45, 7) is 7.91. The van der Waals surface area contributed by atoms with Crippen LogP contribution in [0.1, 0.15) is 41.5 Å². The van der Waals surface area contributed by atoms with Crippen LogP contribution in [-0.4, -0.2) is 39.9 Å². The molecule has 27 heavy (non-hydrogen) atoms. The fourth-order valence-corrected chi connectivity index (χ4v) is 4.54. The van der Waals surface area contributed by atoms with Crippen molar-refractivity contribution >= 4 is 32.6 Å². The first-order valence-corrected chi connectivity index (χ1v) is 10.2. The lowest BCUT2D eigenvalue weighted by molar-refractivity contribution is 0.0908. The topological polar surface area (TPSA) is 60.2 Å². The third kappa shape index (κ3) is 3.61. The van der Waals surface area contributed by atoms with Gasteiger partial charge in [0.05, 0.1) is 28.6 Å². The number of amides is 1. The lowest BCUT2D eigenvalue weighted by Crippen LogP contribution is -2.38. The van der Waals surface area contributed by atoms with Crippen molar-refractivity contribution in [2.45, 2.75) is 46.3 Å². The second-order valence-electron chi connectivity index (χ2n) is 7.01. The molecule has 142 valence electrons. The van der Waals surface area contributed by atoms with Crippen LogP contribution >= 0.6 is 11.3 Å². The summed E-state index contributed by atoms with van der Waals surface area (Å²) in [5, 5.41) is 5.15. The predicted molar refractivity (Wildman–Crippen MR) is 108 cm³/mol. The third-order valence-corrected chi connectivity index (χ3v) is 5.88. The highest BCUT2D eigenvalue weighted by atomic mass is 32.1. The van der Waals surface area contributed by atoms with E-state index in [1.807, 2.05) is 32.0 Å². The summed E-state index contributed by atoms with van der Waals surface area (Å²) in [6, 6.07) is 8.03. The molecule has 6 nitrogen and oxygen atoms in total. The molecule has 3 aromatic rings. The second-order valence-corrected chi connectivity index (χ2v) is 8.01. The molecular formula is C20H24N4O2S. The Morgan fingerprint density at radius 3 is 2.96 bits per heavy atom. The maximum Gasteiger partial charge on any atom is 0.278 e. The van der Waals surface area contributed by atoms with E-state index in [0.29, 0.717) is 18.8 Å². The lowest BCUT2D eigenvalue weighted by Gasteiger charge is -2.23. The minimum Gasteiger partial charge on any atom is -0.376 e. The molecule has 0 N–H and O–H groups in total. The number of hydrogen-bond donors (Lipinski definition) is 0. The molecule has 0 aliphatic carbocycles. The first kappa shape index (κ1) is 18.1. The van der Waals surface area contributed by atoms with Gasteiger partial charge in [0.25, 0.3) is 5.91 Å². The van der Waals surface area contributed by atoms with E-state index in [4.69, 9.17) is 9.72 Å². The quantitative estimate of drug-likeness (QED) is 0.668. The molecule has 2 aromatic heterocycles. The normalized spacial score (nSPS) is 16.9. The number of fused-ring (bicyclic) bond motifs is 1. The van der Waals surface area contributed by atoms with Gasteiger partial charge in [-0.3, -0.25) is 14.4 Å². The first-order chi connectivity index (χ1) is 13.0. The van der Waals surface area contributed by atoms with Gasteiger partial charge in [0.15, 0.2) is 5.13 Å². The monoisotopic (exact) mass is 384 g/mol. The van der Waals surface area contributed by atoms with Crippen molar-refractivity contribution in [1.29, 1.82) is 0 Å². The van der Waals surface area contributed by atoms with Crippen LogP contribution in [0.5, 0.6) is 0 Å². The van der Waals surface area contributed by atoms with Crippen molar-refractivity contribution in [3.05, 3.63) is 41.2 Å². The average molecular weight is 385 g/mol. The van der Waals surface area contributed by atoms with E-state index in [-0.39, 0.29) is 12.0 Å². The predicted octanol–water partition coefficient (Wildman–Crippen LogP) is 3.96. The van der Waals surface area contributed by atoms with E-state index in [1.165, 1.54) is 5.56 Å². The van der Waals surface area contributed by atoms with Crippen LogP contribution in [0, 0.1) is 13.8 Å². The molecule has 0 saturated carbocycles. The van der Waals surface area contributed by atoms with Crippen molar-refractivity contribution in [2.75, 3.05) is 18.1 Å². The van der Waals surface area contributed by atoms with Crippen LogP contribution in [0.25, 0.3) is 10.2 Å². The lowest BCUT2D eigenvalue weighted by atomic mass is 10.2. The van der Waals surface area contributed by atoms with Crippen molar-refractivity contribution in [2.24, 2.45) is 0 Å².